The molecule has 5 nitrogen and oxygen atoms in total. The van der Waals surface area contributed by atoms with Gasteiger partial charge in [0.05, 0.1) is 0 Å². The predicted molar refractivity (Wildman–Crippen MR) is 80.9 cm³/mol. The monoisotopic (exact) mass is 292 g/mol. The highest BCUT2D eigenvalue weighted by Crippen LogP contribution is 2.42. The Bertz CT molecular complexity index is 231. The second-order valence-corrected chi connectivity index (χ2v) is 8.91. The van der Waals surface area contributed by atoms with Crippen molar-refractivity contribution >= 4 is 8.56 Å². The molecule has 1 rings (SSSR count). The molecule has 0 spiro atoms. The van der Waals surface area contributed by atoms with Crippen molar-refractivity contribution in [3.05, 3.63) is 0 Å². The largest absolute Gasteiger partial charge is 0.396 e. The summed E-state index contributed by atoms with van der Waals surface area (Å²) in [4.78, 5) is 0. The SMILES string of the molecule is CC(N)N.CCCC1(OC)CCCC[Si]1(OC)OC. The molecule has 0 aromatic heterocycles. The summed E-state index contributed by atoms with van der Waals surface area (Å²) in [5.41, 5.74) is 9.78. The first-order valence-corrected chi connectivity index (χ1v) is 9.12. The van der Waals surface area contributed by atoms with Gasteiger partial charge in [-0.1, -0.05) is 26.2 Å². The van der Waals surface area contributed by atoms with Gasteiger partial charge in [-0.15, -0.1) is 0 Å². The van der Waals surface area contributed by atoms with E-state index in [4.69, 9.17) is 25.1 Å². The molecule has 1 aliphatic heterocycles. The molecule has 1 unspecified atom stereocenters. The summed E-state index contributed by atoms with van der Waals surface area (Å²) in [7, 11) is 3.22. The third-order valence-electron chi connectivity index (χ3n) is 3.73. The maximum absolute atomic E-state index is 5.83. The van der Waals surface area contributed by atoms with E-state index in [0.29, 0.717) is 0 Å². The fourth-order valence-electron chi connectivity index (χ4n) is 2.92. The van der Waals surface area contributed by atoms with E-state index in [1.165, 1.54) is 12.8 Å². The number of hydrogen-bond donors (Lipinski definition) is 2. The van der Waals surface area contributed by atoms with Crippen LogP contribution in [0.5, 0.6) is 0 Å². The van der Waals surface area contributed by atoms with Crippen molar-refractivity contribution in [2.24, 2.45) is 11.5 Å². The van der Waals surface area contributed by atoms with Crippen LogP contribution < -0.4 is 11.5 Å². The van der Waals surface area contributed by atoms with E-state index in [0.717, 1.165) is 25.3 Å². The highest BCUT2D eigenvalue weighted by Gasteiger charge is 2.58. The fourth-order valence-corrected chi connectivity index (χ4v) is 6.91. The highest BCUT2D eigenvalue weighted by molar-refractivity contribution is 6.70. The fraction of sp³-hybridized carbons (Fsp3) is 1.00. The van der Waals surface area contributed by atoms with Gasteiger partial charge in [0.1, 0.15) is 5.22 Å². The van der Waals surface area contributed by atoms with Crippen molar-refractivity contribution in [1.82, 2.24) is 0 Å². The zero-order valence-electron chi connectivity index (χ0n) is 13.2. The van der Waals surface area contributed by atoms with E-state index in [1.807, 2.05) is 0 Å². The molecular weight excluding hydrogens is 260 g/mol. The van der Waals surface area contributed by atoms with E-state index in [2.05, 4.69) is 6.92 Å². The van der Waals surface area contributed by atoms with Crippen molar-refractivity contribution in [3.8, 4) is 0 Å². The van der Waals surface area contributed by atoms with Crippen LogP contribution in [0.2, 0.25) is 6.04 Å². The summed E-state index contributed by atoms with van der Waals surface area (Å²) >= 11 is 0. The standard InChI is InChI=1S/C11H24O3Si.C2H8N2/c1-5-8-11(12-2)9-6-7-10-15(11,13-3)14-4;1-2(3)4/h5-10H2,1-4H3;2H,3-4H2,1H3. The van der Waals surface area contributed by atoms with Gasteiger partial charge in [-0.05, 0) is 25.8 Å². The van der Waals surface area contributed by atoms with Gasteiger partial charge in [-0.3, -0.25) is 0 Å². The molecule has 19 heavy (non-hydrogen) atoms. The van der Waals surface area contributed by atoms with Crippen LogP contribution in [0.25, 0.3) is 0 Å². The zero-order valence-corrected chi connectivity index (χ0v) is 14.2. The van der Waals surface area contributed by atoms with E-state index in [1.54, 1.807) is 28.3 Å². The smallest absolute Gasteiger partial charge is 0.370 e. The number of methoxy groups -OCH3 is 1. The summed E-state index contributed by atoms with van der Waals surface area (Å²) in [6.45, 7) is 3.92. The molecule has 0 saturated carbocycles. The van der Waals surface area contributed by atoms with Gasteiger partial charge in [0, 0.05) is 27.5 Å². The Labute approximate surface area is 119 Å². The summed E-state index contributed by atoms with van der Waals surface area (Å²) < 4.78 is 17.4. The van der Waals surface area contributed by atoms with Gasteiger partial charge < -0.3 is 25.1 Å². The lowest BCUT2D eigenvalue weighted by Crippen LogP contribution is -2.64. The highest BCUT2D eigenvalue weighted by atomic mass is 28.4. The van der Waals surface area contributed by atoms with E-state index in [-0.39, 0.29) is 11.4 Å². The maximum atomic E-state index is 5.83. The molecule has 1 aliphatic rings. The molecular formula is C13H32N2O3Si. The molecule has 1 fully saturated rings. The average molecular weight is 292 g/mol. The third kappa shape index (κ3) is 4.80. The van der Waals surface area contributed by atoms with Crippen LogP contribution in [0.3, 0.4) is 0 Å². The van der Waals surface area contributed by atoms with Crippen molar-refractivity contribution in [1.29, 1.82) is 0 Å². The number of ether oxygens (including phenoxy) is 1. The summed E-state index contributed by atoms with van der Waals surface area (Å²) in [5, 5.41) is -0.122. The number of nitrogens with two attached hydrogens (primary N) is 2. The lowest BCUT2D eigenvalue weighted by Gasteiger charge is -2.47. The molecule has 0 aromatic carbocycles. The van der Waals surface area contributed by atoms with Gasteiger partial charge in [0.25, 0.3) is 0 Å². The molecule has 0 bridgehead atoms. The van der Waals surface area contributed by atoms with Crippen LogP contribution in [0.4, 0.5) is 0 Å². The molecule has 0 amide bonds. The molecule has 0 radical (unpaired) electrons. The van der Waals surface area contributed by atoms with E-state index < -0.39 is 8.56 Å². The lowest BCUT2D eigenvalue weighted by molar-refractivity contribution is -0.0149. The van der Waals surface area contributed by atoms with Gasteiger partial charge in [0.15, 0.2) is 0 Å². The van der Waals surface area contributed by atoms with Crippen LogP contribution in [0.15, 0.2) is 0 Å². The van der Waals surface area contributed by atoms with Crippen LogP contribution in [-0.2, 0) is 13.6 Å². The predicted octanol–water partition coefficient (Wildman–Crippen LogP) is 1.88. The van der Waals surface area contributed by atoms with Crippen molar-refractivity contribution in [3.63, 3.8) is 0 Å². The van der Waals surface area contributed by atoms with E-state index in [9.17, 15) is 0 Å². The molecule has 1 heterocycles. The third-order valence-corrected chi connectivity index (χ3v) is 8.16. The minimum atomic E-state index is -2.15. The van der Waals surface area contributed by atoms with Crippen LogP contribution in [0, 0.1) is 0 Å². The van der Waals surface area contributed by atoms with Crippen LogP contribution in [-0.4, -0.2) is 41.3 Å². The Morgan fingerprint density at radius 3 is 2.05 bits per heavy atom. The molecule has 1 saturated heterocycles. The summed E-state index contributed by atoms with van der Waals surface area (Å²) in [5.74, 6) is 0. The van der Waals surface area contributed by atoms with Crippen LogP contribution in [0.1, 0.15) is 46.0 Å². The molecule has 116 valence electrons. The minimum absolute atomic E-state index is 0.122. The topological polar surface area (TPSA) is 79.7 Å². The molecule has 6 heteroatoms. The molecule has 0 aliphatic carbocycles. The lowest BCUT2D eigenvalue weighted by atomic mass is 10.1. The average Bonchev–Trinajstić information content (AvgIpc) is 2.39. The normalized spacial score (nSPS) is 25.9. The maximum Gasteiger partial charge on any atom is 0.370 e. The minimum Gasteiger partial charge on any atom is -0.396 e. The van der Waals surface area contributed by atoms with Crippen LogP contribution >= 0.6 is 0 Å². The first kappa shape index (κ1) is 19.0. The van der Waals surface area contributed by atoms with Gasteiger partial charge in [-0.2, -0.15) is 0 Å². The van der Waals surface area contributed by atoms with E-state index >= 15 is 0 Å². The Balaban J connectivity index is 0.000000711. The quantitative estimate of drug-likeness (QED) is 0.597. The van der Waals surface area contributed by atoms with Crippen molar-refractivity contribution in [2.75, 3.05) is 21.3 Å². The second kappa shape index (κ2) is 9.04. The second-order valence-electron chi connectivity index (χ2n) is 5.18. The molecule has 1 atom stereocenters. The molecule has 0 aromatic rings. The summed E-state index contributed by atoms with van der Waals surface area (Å²) in [6, 6.07) is 1.06. The Kier molecular flexibility index (Phi) is 9.05. The van der Waals surface area contributed by atoms with Gasteiger partial charge in [-0.25, -0.2) is 0 Å². The molecule has 4 N–H and O–H groups in total. The van der Waals surface area contributed by atoms with Crippen molar-refractivity contribution < 1.29 is 13.6 Å². The van der Waals surface area contributed by atoms with Gasteiger partial charge in [0.2, 0.25) is 0 Å². The Morgan fingerprint density at radius 2 is 1.68 bits per heavy atom. The van der Waals surface area contributed by atoms with Crippen molar-refractivity contribution in [2.45, 2.75) is 63.4 Å². The Hall–Kier alpha value is 0.0169. The summed E-state index contributed by atoms with van der Waals surface area (Å²) in [6.07, 6.45) is 5.54. The first-order valence-electron chi connectivity index (χ1n) is 7.10. The van der Waals surface area contributed by atoms with Gasteiger partial charge >= 0.3 is 8.56 Å². The Morgan fingerprint density at radius 1 is 1.16 bits per heavy atom. The zero-order chi connectivity index (χ0) is 14.9. The first-order chi connectivity index (χ1) is 8.93. The number of hydrogen-bond acceptors (Lipinski definition) is 5. The number of rotatable bonds is 5.